The summed E-state index contributed by atoms with van der Waals surface area (Å²) in [5.74, 6) is 0.868. The summed E-state index contributed by atoms with van der Waals surface area (Å²) in [6, 6.07) is 105. The van der Waals surface area contributed by atoms with Gasteiger partial charge in [-0.3, -0.25) is 4.57 Å². The maximum Gasteiger partial charge on any atom is 0.145 e. The van der Waals surface area contributed by atoms with Gasteiger partial charge >= 0.3 is 0 Å². The molecule has 0 fully saturated rings. The summed E-state index contributed by atoms with van der Waals surface area (Å²) in [6.07, 6.45) is 0. The van der Waals surface area contributed by atoms with Crippen LogP contribution in [0.2, 0.25) is 0 Å². The standard InChI is InChI=1S/C77H48N4/c1-3-19-51(20-4-1)67-47-70(78-75-65(67)43-44-66-68(52-21-5-2-6-22-52)48-71(79-76(66)75)58-37-31-49-17-7-9-23-56(49)45-58)53-33-35-55(36-34-53)77-80-69-29-15-16-30-72(69)81(77)60-41-39-54(40-42-60)73-61-25-11-13-27-63(61)74(64-28-14-12-26-62(64)73)59-38-32-50-18-8-10-24-57(50)46-59/h1-48H. The topological polar surface area (TPSA) is 43.6 Å². The Hall–Kier alpha value is -10.8. The lowest BCUT2D eigenvalue weighted by Crippen LogP contribution is -1.98. The average Bonchev–Trinajstić information content (AvgIpc) is 4.07. The van der Waals surface area contributed by atoms with Crippen LogP contribution in [-0.4, -0.2) is 19.5 Å². The summed E-state index contributed by atoms with van der Waals surface area (Å²) in [7, 11) is 0. The molecule has 0 aliphatic carbocycles. The Bertz CT molecular complexity index is 5080. The van der Waals surface area contributed by atoms with Crippen LogP contribution in [-0.2, 0) is 0 Å². The van der Waals surface area contributed by atoms with Crippen molar-refractivity contribution in [2.45, 2.75) is 0 Å². The van der Waals surface area contributed by atoms with Crippen molar-refractivity contribution in [2.75, 3.05) is 0 Å². The fourth-order valence-electron chi connectivity index (χ4n) is 12.5. The van der Waals surface area contributed by atoms with E-state index in [-0.39, 0.29) is 0 Å². The highest BCUT2D eigenvalue weighted by atomic mass is 15.1. The van der Waals surface area contributed by atoms with Crippen LogP contribution in [0.4, 0.5) is 0 Å². The number of pyridine rings is 2. The van der Waals surface area contributed by atoms with Gasteiger partial charge in [0.05, 0.1) is 33.5 Å². The molecule has 4 heteroatoms. The molecule has 3 heterocycles. The van der Waals surface area contributed by atoms with Crippen molar-refractivity contribution in [2.24, 2.45) is 0 Å². The van der Waals surface area contributed by atoms with E-state index in [9.17, 15) is 0 Å². The predicted octanol–water partition coefficient (Wildman–Crippen LogP) is 20.4. The second-order valence-electron chi connectivity index (χ2n) is 21.0. The van der Waals surface area contributed by atoms with Crippen molar-refractivity contribution in [1.29, 1.82) is 0 Å². The normalized spacial score (nSPS) is 11.7. The number of nitrogens with zero attached hydrogens (tertiary/aromatic N) is 4. The molecule has 0 aliphatic rings. The van der Waals surface area contributed by atoms with Crippen molar-refractivity contribution in [1.82, 2.24) is 19.5 Å². The zero-order valence-electron chi connectivity index (χ0n) is 44.0. The van der Waals surface area contributed by atoms with E-state index in [0.717, 1.165) is 100 Å². The molecule has 0 radical (unpaired) electrons. The molecule has 376 valence electrons. The van der Waals surface area contributed by atoms with Crippen LogP contribution in [0.1, 0.15) is 0 Å². The highest BCUT2D eigenvalue weighted by Crippen LogP contribution is 2.45. The molecule has 3 aromatic heterocycles. The second kappa shape index (κ2) is 19.0. The fourth-order valence-corrected chi connectivity index (χ4v) is 12.5. The number of para-hydroxylation sites is 2. The Kier molecular flexibility index (Phi) is 10.8. The number of hydrogen-bond donors (Lipinski definition) is 0. The molecule has 0 saturated heterocycles. The molecular weight excluding hydrogens is 981 g/mol. The van der Waals surface area contributed by atoms with E-state index in [1.165, 1.54) is 59.8 Å². The summed E-state index contributed by atoms with van der Waals surface area (Å²) in [5.41, 5.74) is 18.9. The minimum absolute atomic E-state index is 0.861. The minimum atomic E-state index is 0.861. The lowest BCUT2D eigenvalue weighted by Gasteiger charge is -2.18. The van der Waals surface area contributed by atoms with Crippen LogP contribution in [0.3, 0.4) is 0 Å². The molecule has 13 aromatic carbocycles. The van der Waals surface area contributed by atoms with Crippen LogP contribution < -0.4 is 0 Å². The first kappa shape index (κ1) is 46.3. The third-order valence-electron chi connectivity index (χ3n) is 16.4. The smallest absolute Gasteiger partial charge is 0.145 e. The Labute approximate surface area is 468 Å². The molecule has 0 aliphatic heterocycles. The van der Waals surface area contributed by atoms with Crippen molar-refractivity contribution in [3.05, 3.63) is 291 Å². The largest absolute Gasteiger partial charge is 0.292 e. The molecule has 0 unspecified atom stereocenters. The molecule has 16 rings (SSSR count). The number of imidazole rings is 1. The number of hydrogen-bond acceptors (Lipinski definition) is 3. The van der Waals surface area contributed by atoms with E-state index in [1.54, 1.807) is 0 Å². The van der Waals surface area contributed by atoms with E-state index in [2.05, 4.69) is 296 Å². The fraction of sp³-hybridized carbons (Fsp3) is 0. The average molecular weight is 1030 g/mol. The predicted molar refractivity (Wildman–Crippen MR) is 340 cm³/mol. The van der Waals surface area contributed by atoms with Gasteiger partial charge in [-0.25, -0.2) is 15.0 Å². The third-order valence-corrected chi connectivity index (χ3v) is 16.4. The van der Waals surface area contributed by atoms with Crippen LogP contribution in [0, 0.1) is 0 Å². The number of benzene rings is 13. The first-order chi connectivity index (χ1) is 40.1. The van der Waals surface area contributed by atoms with Gasteiger partial charge in [0, 0.05) is 33.2 Å². The van der Waals surface area contributed by atoms with Crippen molar-refractivity contribution < 1.29 is 0 Å². The van der Waals surface area contributed by atoms with Crippen LogP contribution in [0.5, 0.6) is 0 Å². The van der Waals surface area contributed by atoms with Gasteiger partial charge in [-0.1, -0.05) is 243 Å². The maximum atomic E-state index is 5.60. The number of fused-ring (bicyclic) bond motifs is 8. The monoisotopic (exact) mass is 1030 g/mol. The van der Waals surface area contributed by atoms with Crippen molar-refractivity contribution in [3.63, 3.8) is 0 Å². The molecule has 0 bridgehead atoms. The first-order valence-corrected chi connectivity index (χ1v) is 27.7. The molecule has 81 heavy (non-hydrogen) atoms. The summed E-state index contributed by atoms with van der Waals surface area (Å²) in [6.45, 7) is 0. The molecule has 16 aromatic rings. The van der Waals surface area contributed by atoms with E-state index in [0.29, 0.717) is 0 Å². The van der Waals surface area contributed by atoms with Gasteiger partial charge < -0.3 is 0 Å². The van der Waals surface area contributed by atoms with Gasteiger partial charge in [0.15, 0.2) is 0 Å². The summed E-state index contributed by atoms with van der Waals surface area (Å²) in [5, 5.41) is 11.9. The Morgan fingerprint density at radius 3 is 1.23 bits per heavy atom. The van der Waals surface area contributed by atoms with E-state index >= 15 is 0 Å². The molecule has 0 saturated carbocycles. The summed E-state index contributed by atoms with van der Waals surface area (Å²) in [4.78, 5) is 16.5. The molecule has 0 atom stereocenters. The lowest BCUT2D eigenvalue weighted by atomic mass is 9.85. The SMILES string of the molecule is c1ccc(-c2cc(-c3ccc(-c4nc5ccccc5n4-c4ccc(-c5c6ccccc6c(-c6ccc7ccccc7c6)c6ccccc56)cc4)cc3)nc3c2ccc2c(-c4ccccc4)cc(-c4ccc5ccccc5c4)nc23)cc1. The summed E-state index contributed by atoms with van der Waals surface area (Å²) < 4.78 is 2.30. The van der Waals surface area contributed by atoms with Gasteiger partial charge in [-0.2, -0.15) is 0 Å². The zero-order valence-corrected chi connectivity index (χ0v) is 44.0. The number of rotatable bonds is 8. The van der Waals surface area contributed by atoms with Crippen molar-refractivity contribution >= 4 is 75.9 Å². The van der Waals surface area contributed by atoms with E-state index in [1.807, 2.05) is 0 Å². The third kappa shape index (κ3) is 7.87. The van der Waals surface area contributed by atoms with Gasteiger partial charge in [0.25, 0.3) is 0 Å². The van der Waals surface area contributed by atoms with Crippen LogP contribution in [0.15, 0.2) is 291 Å². The lowest BCUT2D eigenvalue weighted by molar-refractivity contribution is 1.10. The highest BCUT2D eigenvalue weighted by molar-refractivity contribution is 6.22. The molecule has 0 N–H and O–H groups in total. The van der Waals surface area contributed by atoms with Gasteiger partial charge in [0.1, 0.15) is 5.82 Å². The molecule has 0 amide bonds. The molecular formula is C77H48N4. The van der Waals surface area contributed by atoms with Gasteiger partial charge in [-0.15, -0.1) is 0 Å². The minimum Gasteiger partial charge on any atom is -0.292 e. The summed E-state index contributed by atoms with van der Waals surface area (Å²) >= 11 is 0. The molecule has 4 nitrogen and oxygen atoms in total. The Morgan fingerprint density at radius 1 is 0.247 bits per heavy atom. The first-order valence-electron chi connectivity index (χ1n) is 27.7. The quantitative estimate of drug-likeness (QED) is 0.113. The molecule has 0 spiro atoms. The second-order valence-corrected chi connectivity index (χ2v) is 21.0. The van der Waals surface area contributed by atoms with Crippen molar-refractivity contribution in [3.8, 4) is 84.1 Å². The van der Waals surface area contributed by atoms with Crippen LogP contribution >= 0.6 is 0 Å². The zero-order chi connectivity index (χ0) is 53.4. The van der Waals surface area contributed by atoms with Crippen LogP contribution in [0.25, 0.3) is 160 Å². The Morgan fingerprint density at radius 2 is 0.667 bits per heavy atom. The Balaban J connectivity index is 0.819. The maximum absolute atomic E-state index is 5.60. The van der Waals surface area contributed by atoms with Gasteiger partial charge in [0.2, 0.25) is 0 Å². The highest BCUT2D eigenvalue weighted by Gasteiger charge is 2.21. The van der Waals surface area contributed by atoms with Gasteiger partial charge in [-0.05, 0) is 136 Å². The van der Waals surface area contributed by atoms with E-state index < -0.39 is 0 Å². The van der Waals surface area contributed by atoms with E-state index in [4.69, 9.17) is 15.0 Å². The number of aromatic nitrogens is 4.